The molecule has 1 fully saturated rings. The first-order valence-corrected chi connectivity index (χ1v) is 6.00. The zero-order chi connectivity index (χ0) is 11.7. The van der Waals surface area contributed by atoms with Crippen molar-refractivity contribution < 1.29 is 14.2 Å². The van der Waals surface area contributed by atoms with E-state index in [4.69, 9.17) is 14.2 Å². The molecule has 1 N–H and O–H groups in total. The van der Waals surface area contributed by atoms with Crippen LogP contribution in [0.15, 0.2) is 18.2 Å². The maximum Gasteiger partial charge on any atom is 0.231 e. The molecule has 1 aromatic carbocycles. The normalized spacial score (nSPS) is 25.7. The molecule has 0 bridgehead atoms. The molecule has 4 heteroatoms. The lowest BCUT2D eigenvalue weighted by Gasteiger charge is -2.34. The summed E-state index contributed by atoms with van der Waals surface area (Å²) in [4.78, 5) is 0. The van der Waals surface area contributed by atoms with Crippen molar-refractivity contribution >= 4 is 0 Å². The lowest BCUT2D eigenvalue weighted by molar-refractivity contribution is 0.0170. The van der Waals surface area contributed by atoms with Crippen LogP contribution in [0.3, 0.4) is 0 Å². The Labute approximate surface area is 101 Å². The minimum absolute atomic E-state index is 0.338. The van der Waals surface area contributed by atoms with Crippen molar-refractivity contribution in [2.75, 3.05) is 13.9 Å². The molecule has 92 valence electrons. The molecular weight excluding hydrogens is 218 g/mol. The molecule has 1 heterocycles. The van der Waals surface area contributed by atoms with Crippen molar-refractivity contribution in [2.45, 2.75) is 31.5 Å². The van der Waals surface area contributed by atoms with E-state index in [0.717, 1.165) is 30.9 Å². The predicted octanol–water partition coefficient (Wildman–Crippen LogP) is 1.68. The lowest BCUT2D eigenvalue weighted by atomic mass is 9.89. The van der Waals surface area contributed by atoms with Gasteiger partial charge in [0.15, 0.2) is 11.5 Å². The highest BCUT2D eigenvalue weighted by Crippen LogP contribution is 2.32. The fraction of sp³-hybridized carbons (Fsp3) is 0.538. The molecule has 0 atom stereocenters. The first-order valence-electron chi connectivity index (χ1n) is 6.00. The van der Waals surface area contributed by atoms with Crippen LogP contribution < -0.4 is 14.8 Å². The Hall–Kier alpha value is -1.26. The third kappa shape index (κ3) is 2.23. The number of hydrogen-bond acceptors (Lipinski definition) is 4. The molecule has 0 saturated heterocycles. The van der Waals surface area contributed by atoms with Gasteiger partial charge >= 0.3 is 0 Å². The molecule has 0 spiro atoms. The van der Waals surface area contributed by atoms with Gasteiger partial charge in [0, 0.05) is 19.7 Å². The molecular formula is C13H17NO3. The third-order valence-corrected chi connectivity index (χ3v) is 3.46. The zero-order valence-corrected chi connectivity index (χ0v) is 9.94. The van der Waals surface area contributed by atoms with Crippen LogP contribution in [-0.4, -0.2) is 26.0 Å². The minimum Gasteiger partial charge on any atom is -0.454 e. The molecule has 4 nitrogen and oxygen atoms in total. The summed E-state index contributed by atoms with van der Waals surface area (Å²) < 4.78 is 15.9. The van der Waals surface area contributed by atoms with E-state index in [9.17, 15) is 0 Å². The third-order valence-electron chi connectivity index (χ3n) is 3.46. The van der Waals surface area contributed by atoms with Gasteiger partial charge in [-0.05, 0) is 30.5 Å². The second-order valence-corrected chi connectivity index (χ2v) is 4.59. The van der Waals surface area contributed by atoms with Gasteiger partial charge in [-0.25, -0.2) is 0 Å². The van der Waals surface area contributed by atoms with E-state index in [1.165, 1.54) is 5.56 Å². The van der Waals surface area contributed by atoms with Gasteiger partial charge < -0.3 is 19.5 Å². The van der Waals surface area contributed by atoms with Gasteiger partial charge in [-0.15, -0.1) is 0 Å². The van der Waals surface area contributed by atoms with Gasteiger partial charge in [-0.1, -0.05) is 6.07 Å². The number of hydrogen-bond donors (Lipinski definition) is 1. The molecule has 0 unspecified atom stereocenters. The highest BCUT2D eigenvalue weighted by Gasteiger charge is 2.28. The van der Waals surface area contributed by atoms with E-state index in [1.54, 1.807) is 7.11 Å². The smallest absolute Gasteiger partial charge is 0.231 e. The van der Waals surface area contributed by atoms with Crippen molar-refractivity contribution in [1.29, 1.82) is 0 Å². The van der Waals surface area contributed by atoms with E-state index < -0.39 is 0 Å². The van der Waals surface area contributed by atoms with E-state index >= 15 is 0 Å². The van der Waals surface area contributed by atoms with Crippen LogP contribution in [-0.2, 0) is 11.3 Å². The second-order valence-electron chi connectivity index (χ2n) is 4.59. The first kappa shape index (κ1) is 10.9. The Morgan fingerprint density at radius 3 is 2.94 bits per heavy atom. The molecule has 0 radical (unpaired) electrons. The lowest BCUT2D eigenvalue weighted by Crippen LogP contribution is -2.44. The van der Waals surface area contributed by atoms with Crippen molar-refractivity contribution in [2.24, 2.45) is 0 Å². The van der Waals surface area contributed by atoms with Gasteiger partial charge in [0.05, 0.1) is 6.10 Å². The molecule has 0 amide bonds. The Balaban J connectivity index is 1.52. The number of rotatable bonds is 4. The average molecular weight is 235 g/mol. The van der Waals surface area contributed by atoms with Gasteiger partial charge in [-0.3, -0.25) is 0 Å². The summed E-state index contributed by atoms with van der Waals surface area (Å²) in [6, 6.07) is 6.68. The largest absolute Gasteiger partial charge is 0.454 e. The summed E-state index contributed by atoms with van der Waals surface area (Å²) in [5.41, 5.74) is 1.23. The van der Waals surface area contributed by atoms with E-state index in [2.05, 4.69) is 11.4 Å². The summed E-state index contributed by atoms with van der Waals surface area (Å²) in [6.45, 7) is 1.21. The summed E-state index contributed by atoms with van der Waals surface area (Å²) in [5.74, 6) is 1.70. The van der Waals surface area contributed by atoms with Crippen molar-refractivity contribution in [3.63, 3.8) is 0 Å². The highest BCUT2D eigenvalue weighted by molar-refractivity contribution is 5.44. The molecule has 1 aliphatic heterocycles. The molecule has 2 aliphatic rings. The van der Waals surface area contributed by atoms with Crippen LogP contribution in [0.1, 0.15) is 18.4 Å². The Morgan fingerprint density at radius 2 is 2.12 bits per heavy atom. The van der Waals surface area contributed by atoms with Crippen LogP contribution in [0, 0.1) is 0 Å². The van der Waals surface area contributed by atoms with Gasteiger partial charge in [0.1, 0.15) is 0 Å². The monoisotopic (exact) mass is 235 g/mol. The van der Waals surface area contributed by atoms with Crippen LogP contribution >= 0.6 is 0 Å². The van der Waals surface area contributed by atoms with Gasteiger partial charge in [-0.2, -0.15) is 0 Å². The highest BCUT2D eigenvalue weighted by atomic mass is 16.7. The maximum absolute atomic E-state index is 5.35. The Morgan fingerprint density at radius 1 is 1.29 bits per heavy atom. The Bertz CT molecular complexity index is 402. The van der Waals surface area contributed by atoms with Crippen LogP contribution in [0.25, 0.3) is 0 Å². The molecule has 1 aromatic rings. The molecule has 1 aliphatic carbocycles. The topological polar surface area (TPSA) is 39.7 Å². The molecule has 1 saturated carbocycles. The zero-order valence-electron chi connectivity index (χ0n) is 9.94. The standard InChI is InChI=1S/C13H17NO3/c1-15-11-5-10(6-11)14-7-9-2-3-12-13(4-9)17-8-16-12/h2-4,10-11,14H,5-8H2,1H3. The summed E-state index contributed by atoms with van der Waals surface area (Å²) in [5, 5.41) is 3.51. The number of benzene rings is 1. The minimum atomic E-state index is 0.338. The van der Waals surface area contributed by atoms with Crippen molar-refractivity contribution in [3.8, 4) is 11.5 Å². The van der Waals surface area contributed by atoms with Crippen molar-refractivity contribution in [1.82, 2.24) is 5.32 Å². The molecule has 0 aromatic heterocycles. The molecule has 3 rings (SSSR count). The Kier molecular flexibility index (Phi) is 2.91. The number of nitrogens with one attached hydrogen (secondary N) is 1. The van der Waals surface area contributed by atoms with Crippen LogP contribution in [0.4, 0.5) is 0 Å². The van der Waals surface area contributed by atoms with Crippen LogP contribution in [0.2, 0.25) is 0 Å². The fourth-order valence-electron chi connectivity index (χ4n) is 2.24. The van der Waals surface area contributed by atoms with Gasteiger partial charge in [0.25, 0.3) is 0 Å². The van der Waals surface area contributed by atoms with E-state index in [1.807, 2.05) is 12.1 Å². The number of fused-ring (bicyclic) bond motifs is 1. The molecule has 17 heavy (non-hydrogen) atoms. The fourth-order valence-corrected chi connectivity index (χ4v) is 2.24. The summed E-state index contributed by atoms with van der Waals surface area (Å²) in [6.07, 6.45) is 2.67. The predicted molar refractivity (Wildman–Crippen MR) is 63.2 cm³/mol. The van der Waals surface area contributed by atoms with Crippen LogP contribution in [0.5, 0.6) is 11.5 Å². The SMILES string of the molecule is COC1CC(NCc2ccc3c(c2)OCO3)C1. The number of methoxy groups -OCH3 is 1. The van der Waals surface area contributed by atoms with Gasteiger partial charge in [0.2, 0.25) is 6.79 Å². The first-order chi connectivity index (χ1) is 8.35. The van der Waals surface area contributed by atoms with Crippen molar-refractivity contribution in [3.05, 3.63) is 23.8 Å². The van der Waals surface area contributed by atoms with E-state index in [-0.39, 0.29) is 0 Å². The number of ether oxygens (including phenoxy) is 3. The van der Waals surface area contributed by atoms with E-state index in [0.29, 0.717) is 18.9 Å². The average Bonchev–Trinajstić information content (AvgIpc) is 2.74. The maximum atomic E-state index is 5.35. The summed E-state index contributed by atoms with van der Waals surface area (Å²) in [7, 11) is 1.78. The quantitative estimate of drug-likeness (QED) is 0.862. The second kappa shape index (κ2) is 4.55. The summed E-state index contributed by atoms with van der Waals surface area (Å²) >= 11 is 0.